The molecular weight excluding hydrogens is 184 g/mol. The van der Waals surface area contributed by atoms with Crippen LogP contribution in [-0.2, 0) is 5.88 Å². The summed E-state index contributed by atoms with van der Waals surface area (Å²) in [5, 5.41) is 1.43. The molecule has 1 amide bonds. The maximum Gasteiger partial charge on any atom is 0.308 e. The van der Waals surface area contributed by atoms with Gasteiger partial charge in [-0.1, -0.05) is 11.3 Å². The molecule has 0 spiro atoms. The minimum absolute atomic E-state index is 0.181. The van der Waals surface area contributed by atoms with E-state index in [1.54, 1.807) is 0 Å². The van der Waals surface area contributed by atoms with E-state index in [0.717, 1.165) is 11.3 Å². The second-order valence-electron chi connectivity index (χ2n) is 1.82. The zero-order valence-corrected chi connectivity index (χ0v) is 7.19. The second-order valence-corrected chi connectivity index (χ2v) is 2.92. The van der Waals surface area contributed by atoms with Crippen LogP contribution in [-0.4, -0.2) is 10.5 Å². The summed E-state index contributed by atoms with van der Waals surface area (Å²) in [5.74, 6) is -0.418. The molecule has 0 radical (unpaired) electrons. The third kappa shape index (κ3) is 1.46. The van der Waals surface area contributed by atoms with Crippen molar-refractivity contribution in [1.29, 1.82) is 0 Å². The number of carbonyl (C=O) groups excluding carboxylic acids is 1. The van der Waals surface area contributed by atoms with E-state index in [0.29, 0.717) is 0 Å². The number of nitrogens with zero attached hydrogens (tertiary/aromatic N) is 1. The van der Waals surface area contributed by atoms with Gasteiger partial charge < -0.3 is 5.73 Å². The van der Waals surface area contributed by atoms with Crippen LogP contribution in [0.3, 0.4) is 0 Å². The maximum atomic E-state index is 10.9. The van der Waals surface area contributed by atoms with Crippen molar-refractivity contribution in [3.63, 3.8) is 0 Å². The van der Waals surface area contributed by atoms with Crippen molar-refractivity contribution in [2.75, 3.05) is 0 Å². The molecule has 60 valence electrons. The number of hydrogen-bond acceptors (Lipinski definition) is 4. The molecule has 4 nitrogen and oxygen atoms in total. The lowest BCUT2D eigenvalue weighted by Crippen LogP contribution is -2.21. The number of thiazole rings is 1. The normalized spacial score (nSPS) is 9.91. The van der Waals surface area contributed by atoms with E-state index in [2.05, 4.69) is 12.6 Å². The fourth-order valence-electron chi connectivity index (χ4n) is 0.657. The van der Waals surface area contributed by atoms with Crippen molar-refractivity contribution in [2.45, 2.75) is 5.88 Å². The number of thiol groups is 1. The Labute approximate surface area is 72.0 Å². The van der Waals surface area contributed by atoms with Crippen LogP contribution < -0.4 is 10.6 Å². The van der Waals surface area contributed by atoms with Crippen molar-refractivity contribution in [2.24, 2.45) is 5.73 Å². The Morgan fingerprint density at radius 3 is 2.82 bits per heavy atom. The Morgan fingerprint density at radius 2 is 2.45 bits per heavy atom. The third-order valence-electron chi connectivity index (χ3n) is 1.18. The molecule has 2 N–H and O–H groups in total. The van der Waals surface area contributed by atoms with Crippen molar-refractivity contribution < 1.29 is 4.79 Å². The summed E-state index contributed by atoms with van der Waals surface area (Å²) in [6.45, 7) is 0. The van der Waals surface area contributed by atoms with Gasteiger partial charge in [-0.25, -0.2) is 0 Å². The summed E-state index contributed by atoms with van der Waals surface area (Å²) in [6.07, 6.45) is 0. The molecule has 0 saturated heterocycles. The van der Waals surface area contributed by atoms with Gasteiger partial charge in [-0.15, -0.1) is 0 Å². The lowest BCUT2D eigenvalue weighted by Gasteiger charge is -1.97. The summed E-state index contributed by atoms with van der Waals surface area (Å²) < 4.78 is 1.22. The molecule has 0 unspecified atom stereocenters. The highest BCUT2D eigenvalue weighted by molar-refractivity contribution is 7.79. The molecule has 0 fully saturated rings. The van der Waals surface area contributed by atoms with Gasteiger partial charge in [0.25, 0.3) is 5.91 Å². The van der Waals surface area contributed by atoms with E-state index in [4.69, 9.17) is 5.73 Å². The lowest BCUT2D eigenvalue weighted by molar-refractivity contribution is 0.0992. The number of hydrogen-bond donors (Lipinski definition) is 2. The van der Waals surface area contributed by atoms with Crippen LogP contribution in [0.2, 0.25) is 0 Å². The van der Waals surface area contributed by atoms with Crippen LogP contribution in [0.15, 0.2) is 10.2 Å². The number of aromatic nitrogens is 1. The van der Waals surface area contributed by atoms with Gasteiger partial charge in [0.05, 0.1) is 5.88 Å². The first-order valence-corrected chi connectivity index (χ1v) is 4.27. The Bertz CT molecular complexity index is 327. The molecule has 1 aromatic heterocycles. The molecule has 1 aromatic rings. The van der Waals surface area contributed by atoms with Gasteiger partial charge in [-0.3, -0.25) is 14.2 Å². The van der Waals surface area contributed by atoms with E-state index < -0.39 is 5.91 Å². The highest BCUT2D eigenvalue weighted by atomic mass is 32.1. The van der Waals surface area contributed by atoms with Gasteiger partial charge >= 0.3 is 4.87 Å². The Hall–Kier alpha value is -0.750. The zero-order valence-electron chi connectivity index (χ0n) is 5.48. The fourth-order valence-corrected chi connectivity index (χ4v) is 1.78. The minimum atomic E-state index is -0.600. The van der Waals surface area contributed by atoms with E-state index >= 15 is 0 Å². The van der Waals surface area contributed by atoms with Crippen molar-refractivity contribution in [3.8, 4) is 0 Å². The van der Waals surface area contributed by atoms with Crippen LogP contribution in [0.1, 0.15) is 10.5 Å². The monoisotopic (exact) mass is 190 g/mol. The van der Waals surface area contributed by atoms with Crippen molar-refractivity contribution in [1.82, 2.24) is 4.57 Å². The molecule has 0 aliphatic rings. The number of carbonyl (C=O) groups is 1. The van der Waals surface area contributed by atoms with Gasteiger partial charge in [-0.05, 0) is 0 Å². The molecule has 0 bridgehead atoms. The summed E-state index contributed by atoms with van der Waals surface area (Å²) >= 11 is 4.81. The van der Waals surface area contributed by atoms with Gasteiger partial charge in [0.1, 0.15) is 5.69 Å². The zero-order chi connectivity index (χ0) is 8.43. The second kappa shape index (κ2) is 3.10. The number of amides is 1. The van der Waals surface area contributed by atoms with E-state index in [1.807, 2.05) is 0 Å². The standard InChI is InChI=1S/C5H6N2O2S2/c6-4(8)3-1-11-5(9)7(3)2-10/h1,10H,2H2,(H2,6,8). The van der Waals surface area contributed by atoms with Crippen LogP contribution in [0.4, 0.5) is 0 Å². The summed E-state index contributed by atoms with van der Waals surface area (Å²) in [4.78, 5) is 21.3. The van der Waals surface area contributed by atoms with Crippen LogP contribution >= 0.6 is 24.0 Å². The van der Waals surface area contributed by atoms with Crippen molar-refractivity contribution in [3.05, 3.63) is 20.7 Å². The summed E-state index contributed by atoms with van der Waals surface area (Å²) in [5.41, 5.74) is 5.20. The van der Waals surface area contributed by atoms with Gasteiger partial charge in [0, 0.05) is 5.38 Å². The lowest BCUT2D eigenvalue weighted by atomic mass is 10.5. The first-order valence-electron chi connectivity index (χ1n) is 2.76. The molecule has 11 heavy (non-hydrogen) atoms. The molecule has 0 aliphatic carbocycles. The van der Waals surface area contributed by atoms with E-state index in [1.165, 1.54) is 9.95 Å². The molecule has 0 atom stereocenters. The van der Waals surface area contributed by atoms with Crippen LogP contribution in [0.5, 0.6) is 0 Å². The third-order valence-corrected chi connectivity index (χ3v) is 2.22. The van der Waals surface area contributed by atoms with Gasteiger partial charge in [0.2, 0.25) is 0 Å². The maximum absolute atomic E-state index is 10.9. The van der Waals surface area contributed by atoms with Crippen LogP contribution in [0, 0.1) is 0 Å². The Morgan fingerprint density at radius 1 is 1.82 bits per heavy atom. The minimum Gasteiger partial charge on any atom is -0.364 e. The number of nitrogens with two attached hydrogens (primary N) is 1. The first-order chi connectivity index (χ1) is 5.16. The molecule has 0 aliphatic heterocycles. The molecule has 1 heterocycles. The SMILES string of the molecule is NC(=O)c1csc(=O)n1CS. The van der Waals surface area contributed by atoms with Gasteiger partial charge in [-0.2, -0.15) is 12.6 Å². The summed E-state index contributed by atoms with van der Waals surface area (Å²) in [6, 6.07) is 0. The molecular formula is C5H6N2O2S2. The molecule has 6 heteroatoms. The average Bonchev–Trinajstić information content (AvgIpc) is 2.30. The van der Waals surface area contributed by atoms with Gasteiger partial charge in [0.15, 0.2) is 0 Å². The highest BCUT2D eigenvalue weighted by Gasteiger charge is 2.08. The van der Waals surface area contributed by atoms with E-state index in [9.17, 15) is 9.59 Å². The Kier molecular flexibility index (Phi) is 2.35. The molecule has 0 saturated carbocycles. The molecule has 0 aromatic carbocycles. The predicted octanol–water partition coefficient (Wildman–Crippen LogP) is -0.104. The summed E-state index contributed by atoms with van der Waals surface area (Å²) in [7, 11) is 0. The smallest absolute Gasteiger partial charge is 0.308 e. The number of primary amides is 1. The van der Waals surface area contributed by atoms with Crippen molar-refractivity contribution >= 4 is 29.9 Å². The number of rotatable bonds is 2. The quantitative estimate of drug-likeness (QED) is 0.639. The topological polar surface area (TPSA) is 65.1 Å². The first kappa shape index (κ1) is 8.35. The highest BCUT2D eigenvalue weighted by Crippen LogP contribution is 2.01. The average molecular weight is 190 g/mol. The predicted molar refractivity (Wildman–Crippen MR) is 46.1 cm³/mol. The van der Waals surface area contributed by atoms with E-state index in [-0.39, 0.29) is 16.4 Å². The Balaban J connectivity index is 3.27. The van der Waals surface area contributed by atoms with Crippen LogP contribution in [0.25, 0.3) is 0 Å². The molecule has 1 rings (SSSR count). The fraction of sp³-hybridized carbons (Fsp3) is 0.200. The largest absolute Gasteiger partial charge is 0.364 e.